The van der Waals surface area contributed by atoms with E-state index in [9.17, 15) is 0 Å². The topological polar surface area (TPSA) is 38.9 Å². The fourth-order valence-electron chi connectivity index (χ4n) is 3.32. The predicted octanol–water partition coefficient (Wildman–Crippen LogP) is 3.31. The summed E-state index contributed by atoms with van der Waals surface area (Å²) in [5.74, 6) is 0. The second-order valence-corrected chi connectivity index (χ2v) is 5.52. The van der Waals surface area contributed by atoms with Crippen molar-refractivity contribution in [2.75, 3.05) is 6.54 Å². The monoisotopic (exact) mass is 240 g/mol. The Labute approximate surface area is 108 Å². The summed E-state index contributed by atoms with van der Waals surface area (Å²) in [5, 5.41) is 2.55. The molecule has 1 aliphatic rings. The standard InChI is InChI=1S/C16H20N2/c1-12-15-5-4-14(10-13(15)6-9-18-12)16(11-17)7-2-3-8-16/h4-6,9-10H,2-3,7-8,11,17H2,1H3. The molecule has 0 amide bonds. The third kappa shape index (κ3) is 1.72. The third-order valence-corrected chi connectivity index (χ3v) is 4.53. The van der Waals surface area contributed by atoms with Crippen molar-refractivity contribution in [3.63, 3.8) is 0 Å². The van der Waals surface area contributed by atoms with Gasteiger partial charge in [0.15, 0.2) is 0 Å². The fraction of sp³-hybridized carbons (Fsp3) is 0.438. The molecule has 2 aromatic rings. The van der Waals surface area contributed by atoms with Crippen LogP contribution in [0.1, 0.15) is 36.9 Å². The summed E-state index contributed by atoms with van der Waals surface area (Å²) in [4.78, 5) is 4.35. The van der Waals surface area contributed by atoms with Crippen LogP contribution in [0.25, 0.3) is 10.8 Å². The van der Waals surface area contributed by atoms with Gasteiger partial charge in [-0.25, -0.2) is 0 Å². The molecule has 2 heteroatoms. The summed E-state index contributed by atoms with van der Waals surface area (Å²) >= 11 is 0. The molecule has 1 aromatic heterocycles. The summed E-state index contributed by atoms with van der Waals surface area (Å²) in [5.41, 5.74) is 8.81. The van der Waals surface area contributed by atoms with E-state index in [1.165, 1.54) is 42.0 Å². The van der Waals surface area contributed by atoms with Crippen molar-refractivity contribution in [3.8, 4) is 0 Å². The Kier molecular flexibility index (Phi) is 2.83. The molecule has 0 radical (unpaired) electrons. The zero-order valence-corrected chi connectivity index (χ0v) is 10.9. The number of rotatable bonds is 2. The van der Waals surface area contributed by atoms with Crippen LogP contribution in [0.2, 0.25) is 0 Å². The molecule has 0 atom stereocenters. The number of hydrogen-bond acceptors (Lipinski definition) is 2. The molecule has 3 rings (SSSR count). The fourth-order valence-corrected chi connectivity index (χ4v) is 3.32. The van der Waals surface area contributed by atoms with E-state index in [-0.39, 0.29) is 5.41 Å². The maximum absolute atomic E-state index is 6.06. The molecule has 94 valence electrons. The first kappa shape index (κ1) is 11.7. The van der Waals surface area contributed by atoms with Crippen LogP contribution in [0, 0.1) is 6.92 Å². The average Bonchev–Trinajstić information content (AvgIpc) is 2.89. The number of aromatic nitrogens is 1. The molecular formula is C16H20N2. The number of aryl methyl sites for hydroxylation is 1. The van der Waals surface area contributed by atoms with Crippen LogP contribution < -0.4 is 5.73 Å². The van der Waals surface area contributed by atoms with Gasteiger partial charge in [0, 0.05) is 29.2 Å². The van der Waals surface area contributed by atoms with E-state index in [2.05, 4.69) is 36.2 Å². The summed E-state index contributed by atoms with van der Waals surface area (Å²) < 4.78 is 0. The molecule has 1 heterocycles. The molecule has 2 nitrogen and oxygen atoms in total. The largest absolute Gasteiger partial charge is 0.330 e. The second kappa shape index (κ2) is 4.36. The van der Waals surface area contributed by atoms with Gasteiger partial charge >= 0.3 is 0 Å². The highest BCUT2D eigenvalue weighted by atomic mass is 14.7. The van der Waals surface area contributed by atoms with Crippen molar-refractivity contribution in [2.24, 2.45) is 5.73 Å². The van der Waals surface area contributed by atoms with Gasteiger partial charge in [0.05, 0.1) is 0 Å². The van der Waals surface area contributed by atoms with Crippen LogP contribution in [0.3, 0.4) is 0 Å². The molecule has 1 fully saturated rings. The lowest BCUT2D eigenvalue weighted by Gasteiger charge is -2.28. The number of pyridine rings is 1. The number of hydrogen-bond donors (Lipinski definition) is 1. The van der Waals surface area contributed by atoms with Crippen molar-refractivity contribution >= 4 is 10.8 Å². The van der Waals surface area contributed by atoms with Crippen molar-refractivity contribution in [1.82, 2.24) is 4.98 Å². The van der Waals surface area contributed by atoms with E-state index < -0.39 is 0 Å². The number of benzene rings is 1. The van der Waals surface area contributed by atoms with Gasteiger partial charge in [0.25, 0.3) is 0 Å². The highest BCUT2D eigenvalue weighted by molar-refractivity contribution is 5.85. The lowest BCUT2D eigenvalue weighted by molar-refractivity contribution is 0.453. The van der Waals surface area contributed by atoms with E-state index in [1.807, 2.05) is 6.20 Å². The lowest BCUT2D eigenvalue weighted by Crippen LogP contribution is -2.31. The smallest absolute Gasteiger partial charge is 0.0450 e. The van der Waals surface area contributed by atoms with E-state index in [0.717, 1.165) is 12.2 Å². The van der Waals surface area contributed by atoms with E-state index >= 15 is 0 Å². The molecule has 0 spiro atoms. The van der Waals surface area contributed by atoms with Crippen LogP contribution in [-0.2, 0) is 5.41 Å². The Hall–Kier alpha value is -1.41. The average molecular weight is 240 g/mol. The van der Waals surface area contributed by atoms with Gasteiger partial charge in [-0.3, -0.25) is 4.98 Å². The minimum Gasteiger partial charge on any atom is -0.330 e. The van der Waals surface area contributed by atoms with Gasteiger partial charge in [0.1, 0.15) is 0 Å². The van der Waals surface area contributed by atoms with E-state index in [4.69, 9.17) is 5.73 Å². The highest BCUT2D eigenvalue weighted by Gasteiger charge is 2.34. The zero-order chi connectivity index (χ0) is 12.6. The maximum atomic E-state index is 6.06. The van der Waals surface area contributed by atoms with Crippen LogP contribution in [-0.4, -0.2) is 11.5 Å². The Morgan fingerprint density at radius 2 is 2.00 bits per heavy atom. The molecule has 0 saturated heterocycles. The normalized spacial score (nSPS) is 18.3. The first-order chi connectivity index (χ1) is 8.75. The minimum atomic E-state index is 0.228. The molecule has 1 aromatic carbocycles. The molecule has 1 aliphatic carbocycles. The van der Waals surface area contributed by atoms with E-state index in [1.54, 1.807) is 0 Å². The Balaban J connectivity index is 2.13. The van der Waals surface area contributed by atoms with Crippen molar-refractivity contribution < 1.29 is 0 Å². The van der Waals surface area contributed by atoms with Gasteiger partial charge in [-0.2, -0.15) is 0 Å². The first-order valence-electron chi connectivity index (χ1n) is 6.81. The van der Waals surface area contributed by atoms with Crippen molar-refractivity contribution in [2.45, 2.75) is 38.0 Å². The highest BCUT2D eigenvalue weighted by Crippen LogP contribution is 2.41. The van der Waals surface area contributed by atoms with Crippen LogP contribution in [0.4, 0.5) is 0 Å². The second-order valence-electron chi connectivity index (χ2n) is 5.52. The molecular weight excluding hydrogens is 220 g/mol. The molecule has 0 bridgehead atoms. The van der Waals surface area contributed by atoms with Crippen LogP contribution >= 0.6 is 0 Å². The molecule has 18 heavy (non-hydrogen) atoms. The van der Waals surface area contributed by atoms with Gasteiger partial charge in [-0.05, 0) is 36.8 Å². The molecule has 1 saturated carbocycles. The number of nitrogens with zero attached hydrogens (tertiary/aromatic N) is 1. The van der Waals surface area contributed by atoms with Gasteiger partial charge in [-0.15, -0.1) is 0 Å². The molecule has 2 N–H and O–H groups in total. The summed E-state index contributed by atoms with van der Waals surface area (Å²) in [6.07, 6.45) is 6.98. The van der Waals surface area contributed by atoms with Gasteiger partial charge in [-0.1, -0.05) is 31.0 Å². The minimum absolute atomic E-state index is 0.228. The van der Waals surface area contributed by atoms with Crippen molar-refractivity contribution in [3.05, 3.63) is 41.7 Å². The van der Waals surface area contributed by atoms with Crippen LogP contribution in [0.5, 0.6) is 0 Å². The SMILES string of the molecule is Cc1nccc2cc(C3(CN)CCCC3)ccc12. The quantitative estimate of drug-likeness (QED) is 0.874. The molecule has 0 aliphatic heterocycles. The summed E-state index contributed by atoms with van der Waals surface area (Å²) in [6.45, 7) is 2.83. The van der Waals surface area contributed by atoms with Gasteiger partial charge in [0.2, 0.25) is 0 Å². The van der Waals surface area contributed by atoms with Crippen LogP contribution in [0.15, 0.2) is 30.5 Å². The third-order valence-electron chi connectivity index (χ3n) is 4.53. The lowest BCUT2D eigenvalue weighted by atomic mass is 9.78. The predicted molar refractivity (Wildman–Crippen MR) is 75.7 cm³/mol. The summed E-state index contributed by atoms with van der Waals surface area (Å²) in [7, 11) is 0. The summed E-state index contributed by atoms with van der Waals surface area (Å²) in [6, 6.07) is 8.89. The Bertz CT molecular complexity index is 568. The first-order valence-corrected chi connectivity index (χ1v) is 6.81. The van der Waals surface area contributed by atoms with Gasteiger partial charge < -0.3 is 5.73 Å². The van der Waals surface area contributed by atoms with E-state index in [0.29, 0.717) is 0 Å². The maximum Gasteiger partial charge on any atom is 0.0450 e. The number of fused-ring (bicyclic) bond motifs is 1. The Morgan fingerprint density at radius 1 is 1.22 bits per heavy atom. The van der Waals surface area contributed by atoms with Crippen molar-refractivity contribution in [1.29, 1.82) is 0 Å². The zero-order valence-electron chi connectivity index (χ0n) is 10.9. The Morgan fingerprint density at radius 3 is 2.72 bits per heavy atom. The molecule has 0 unspecified atom stereocenters. The number of nitrogens with two attached hydrogens (primary N) is 1.